The molecule has 1 aliphatic carbocycles. The van der Waals surface area contributed by atoms with Crippen LogP contribution in [-0.2, 0) is 0 Å². The van der Waals surface area contributed by atoms with Crippen LogP contribution in [0, 0.1) is 0 Å². The SMILES string of the molecule is C=C1C=CC=CN1C(=NC1CCCCC1)C(=CC)c1ccc(OC)c(O)c1. The van der Waals surface area contributed by atoms with Gasteiger partial charge in [-0.3, -0.25) is 4.99 Å². The van der Waals surface area contributed by atoms with Crippen LogP contribution in [0.3, 0.4) is 0 Å². The van der Waals surface area contributed by atoms with Gasteiger partial charge in [-0.1, -0.05) is 44.1 Å². The molecule has 1 N–H and O–H groups in total. The van der Waals surface area contributed by atoms with E-state index >= 15 is 0 Å². The molecule has 1 heterocycles. The molecule has 1 aliphatic heterocycles. The van der Waals surface area contributed by atoms with Crippen molar-refractivity contribution in [3.63, 3.8) is 0 Å². The van der Waals surface area contributed by atoms with E-state index in [4.69, 9.17) is 9.73 Å². The van der Waals surface area contributed by atoms with E-state index in [1.54, 1.807) is 19.2 Å². The van der Waals surface area contributed by atoms with Crippen LogP contribution in [0.4, 0.5) is 0 Å². The number of amidine groups is 1. The van der Waals surface area contributed by atoms with E-state index in [0.29, 0.717) is 11.8 Å². The van der Waals surface area contributed by atoms with E-state index in [1.807, 2.05) is 48.4 Å². The quantitative estimate of drug-likeness (QED) is 0.572. The number of aromatic hydroxyl groups is 1. The maximum Gasteiger partial charge on any atom is 0.160 e. The monoisotopic (exact) mass is 364 g/mol. The Morgan fingerprint density at radius 2 is 2.04 bits per heavy atom. The third kappa shape index (κ3) is 4.33. The number of aliphatic imine (C=N–C) groups is 1. The smallest absolute Gasteiger partial charge is 0.160 e. The van der Waals surface area contributed by atoms with Crippen LogP contribution in [0.2, 0.25) is 0 Å². The molecule has 1 aromatic rings. The summed E-state index contributed by atoms with van der Waals surface area (Å²) in [4.78, 5) is 7.18. The Kier molecular flexibility index (Phi) is 6.17. The van der Waals surface area contributed by atoms with Crippen LogP contribution in [0.5, 0.6) is 11.5 Å². The number of nitrogens with zero attached hydrogens (tertiary/aromatic N) is 2. The Balaban J connectivity index is 2.03. The van der Waals surface area contributed by atoms with Gasteiger partial charge >= 0.3 is 0 Å². The molecule has 4 nitrogen and oxygen atoms in total. The summed E-state index contributed by atoms with van der Waals surface area (Å²) < 4.78 is 5.18. The number of ether oxygens (including phenoxy) is 1. The first-order chi connectivity index (χ1) is 13.1. The molecule has 4 heteroatoms. The van der Waals surface area contributed by atoms with Gasteiger partial charge in [0.05, 0.1) is 13.2 Å². The summed E-state index contributed by atoms with van der Waals surface area (Å²) in [5.41, 5.74) is 2.75. The van der Waals surface area contributed by atoms with Crippen LogP contribution in [-0.4, -0.2) is 29.0 Å². The summed E-state index contributed by atoms with van der Waals surface area (Å²) in [6.07, 6.45) is 16.0. The second-order valence-corrected chi connectivity index (χ2v) is 6.90. The van der Waals surface area contributed by atoms with E-state index in [2.05, 4.69) is 6.58 Å². The Labute approximate surface area is 161 Å². The minimum absolute atomic E-state index is 0.124. The number of rotatable bonds is 4. The molecule has 142 valence electrons. The van der Waals surface area contributed by atoms with Gasteiger partial charge in [-0.2, -0.15) is 0 Å². The first-order valence-electron chi connectivity index (χ1n) is 9.59. The standard InChI is InChI=1S/C23H28N2O2/c1-4-20(18-13-14-22(27-3)21(26)16-18)23(24-19-11-6-5-7-12-19)25-15-9-8-10-17(25)2/h4,8-10,13-16,19,26H,2,5-7,11-12H2,1,3H3. The minimum atomic E-state index is 0.124. The lowest BCUT2D eigenvalue weighted by atomic mass is 9.95. The number of benzene rings is 1. The maximum absolute atomic E-state index is 10.3. The lowest BCUT2D eigenvalue weighted by molar-refractivity contribution is 0.373. The van der Waals surface area contributed by atoms with Crippen LogP contribution in [0.25, 0.3) is 5.57 Å². The van der Waals surface area contributed by atoms with Crippen molar-refractivity contribution in [3.05, 3.63) is 66.5 Å². The number of phenols is 1. The summed E-state index contributed by atoms with van der Waals surface area (Å²) in [5.74, 6) is 1.46. The molecule has 0 radical (unpaired) electrons. The first kappa shape index (κ1) is 19.0. The summed E-state index contributed by atoms with van der Waals surface area (Å²) >= 11 is 0. The fourth-order valence-electron chi connectivity index (χ4n) is 3.61. The molecule has 1 saturated carbocycles. The van der Waals surface area contributed by atoms with Crippen LogP contribution >= 0.6 is 0 Å². The Bertz CT molecular complexity index is 812. The van der Waals surface area contributed by atoms with Gasteiger partial charge in [0, 0.05) is 17.5 Å². The lowest BCUT2D eigenvalue weighted by Crippen LogP contribution is -2.28. The van der Waals surface area contributed by atoms with Crippen molar-refractivity contribution in [2.75, 3.05) is 7.11 Å². The van der Waals surface area contributed by atoms with Gasteiger partial charge in [0.2, 0.25) is 0 Å². The van der Waals surface area contributed by atoms with Gasteiger partial charge in [0.15, 0.2) is 11.5 Å². The van der Waals surface area contributed by atoms with Crippen molar-refractivity contribution >= 4 is 11.4 Å². The average molecular weight is 364 g/mol. The molecule has 0 amide bonds. The molecule has 0 bridgehead atoms. The van der Waals surface area contributed by atoms with Gasteiger partial charge in [-0.25, -0.2) is 0 Å². The predicted octanol–water partition coefficient (Wildman–Crippen LogP) is 5.43. The number of allylic oxidation sites excluding steroid dienone is 4. The molecule has 0 saturated heterocycles. The molecule has 0 atom stereocenters. The zero-order chi connectivity index (χ0) is 19.2. The number of hydrogen-bond donors (Lipinski definition) is 1. The zero-order valence-corrected chi connectivity index (χ0v) is 16.2. The van der Waals surface area contributed by atoms with Gasteiger partial charge in [-0.15, -0.1) is 0 Å². The van der Waals surface area contributed by atoms with Crippen LogP contribution in [0.15, 0.2) is 66.0 Å². The van der Waals surface area contributed by atoms with Crippen molar-refractivity contribution in [2.45, 2.75) is 45.1 Å². The Hall–Kier alpha value is -2.75. The van der Waals surface area contributed by atoms with Crippen LogP contribution < -0.4 is 4.74 Å². The van der Waals surface area contributed by atoms with E-state index in [0.717, 1.165) is 35.5 Å². The van der Waals surface area contributed by atoms with E-state index in [1.165, 1.54) is 19.3 Å². The van der Waals surface area contributed by atoms with Crippen molar-refractivity contribution in [1.82, 2.24) is 4.90 Å². The highest BCUT2D eigenvalue weighted by Crippen LogP contribution is 2.32. The normalized spacial score (nSPS) is 18.9. The van der Waals surface area contributed by atoms with Gasteiger partial charge in [0.1, 0.15) is 5.84 Å². The summed E-state index contributed by atoms with van der Waals surface area (Å²) in [7, 11) is 1.55. The third-order valence-corrected chi connectivity index (χ3v) is 5.07. The van der Waals surface area contributed by atoms with Crippen molar-refractivity contribution < 1.29 is 9.84 Å². The Morgan fingerprint density at radius 1 is 1.26 bits per heavy atom. The van der Waals surface area contributed by atoms with Gasteiger partial charge in [-0.05, 0) is 49.6 Å². The third-order valence-electron chi connectivity index (χ3n) is 5.07. The Morgan fingerprint density at radius 3 is 2.67 bits per heavy atom. The van der Waals surface area contributed by atoms with Crippen molar-refractivity contribution in [1.29, 1.82) is 0 Å². The minimum Gasteiger partial charge on any atom is -0.504 e. The maximum atomic E-state index is 10.3. The molecule has 0 unspecified atom stereocenters. The number of hydrogen-bond acceptors (Lipinski definition) is 3. The van der Waals surface area contributed by atoms with E-state index < -0.39 is 0 Å². The zero-order valence-electron chi connectivity index (χ0n) is 16.2. The van der Waals surface area contributed by atoms with Gasteiger partial charge in [0.25, 0.3) is 0 Å². The lowest BCUT2D eigenvalue weighted by Gasteiger charge is -2.29. The fraction of sp³-hybridized carbons (Fsp3) is 0.348. The van der Waals surface area contributed by atoms with Crippen molar-refractivity contribution in [2.24, 2.45) is 4.99 Å². The summed E-state index contributed by atoms with van der Waals surface area (Å²) in [6, 6.07) is 5.79. The first-order valence-corrected chi connectivity index (χ1v) is 9.59. The topological polar surface area (TPSA) is 45.1 Å². The second kappa shape index (κ2) is 8.76. The largest absolute Gasteiger partial charge is 0.504 e. The molecular formula is C23H28N2O2. The van der Waals surface area contributed by atoms with Crippen LogP contribution in [0.1, 0.15) is 44.6 Å². The average Bonchev–Trinajstić information content (AvgIpc) is 2.69. The van der Waals surface area contributed by atoms with E-state index in [9.17, 15) is 5.11 Å². The summed E-state index contributed by atoms with van der Waals surface area (Å²) in [5, 5.41) is 10.3. The number of phenolic OH excluding ortho intramolecular Hbond substituents is 1. The highest BCUT2D eigenvalue weighted by Gasteiger charge is 2.22. The molecule has 3 rings (SSSR count). The van der Waals surface area contributed by atoms with E-state index in [-0.39, 0.29) is 5.75 Å². The molecule has 27 heavy (non-hydrogen) atoms. The molecule has 1 fully saturated rings. The summed E-state index contributed by atoms with van der Waals surface area (Å²) in [6.45, 7) is 6.17. The predicted molar refractivity (Wildman–Crippen MR) is 112 cm³/mol. The van der Waals surface area contributed by atoms with Gasteiger partial charge < -0.3 is 14.7 Å². The van der Waals surface area contributed by atoms with Crippen molar-refractivity contribution in [3.8, 4) is 11.5 Å². The molecule has 0 spiro atoms. The fourth-order valence-corrected chi connectivity index (χ4v) is 3.61. The highest BCUT2D eigenvalue weighted by atomic mass is 16.5. The molecular weight excluding hydrogens is 336 g/mol. The highest BCUT2D eigenvalue weighted by molar-refractivity contribution is 6.23. The number of methoxy groups -OCH3 is 1. The molecule has 0 aromatic heterocycles. The molecule has 1 aromatic carbocycles. The second-order valence-electron chi connectivity index (χ2n) is 6.90. The molecule has 2 aliphatic rings.